The van der Waals surface area contributed by atoms with Crippen LogP contribution in [0.1, 0.15) is 18.6 Å². The fraction of sp³-hybridized carbons (Fsp3) is 0.429. The number of anilines is 1. The lowest BCUT2D eigenvalue weighted by Gasteiger charge is -2.33. The molecule has 1 N–H and O–H groups in total. The summed E-state index contributed by atoms with van der Waals surface area (Å²) in [6.07, 6.45) is 7.64. The maximum absolute atomic E-state index is 5.34. The molecule has 1 saturated heterocycles. The zero-order chi connectivity index (χ0) is 12.9. The predicted molar refractivity (Wildman–Crippen MR) is 72.8 cm³/mol. The van der Waals surface area contributed by atoms with Gasteiger partial charge in [-0.05, 0) is 31.0 Å². The molecule has 0 aromatic carbocycles. The molecule has 1 fully saturated rings. The van der Waals surface area contributed by atoms with E-state index in [1.54, 1.807) is 18.7 Å². The van der Waals surface area contributed by atoms with Crippen molar-refractivity contribution in [1.82, 2.24) is 15.3 Å². The van der Waals surface area contributed by atoms with Gasteiger partial charge in [0.1, 0.15) is 5.76 Å². The first kappa shape index (κ1) is 12.2. The zero-order valence-electron chi connectivity index (χ0n) is 10.8. The molecule has 19 heavy (non-hydrogen) atoms. The van der Waals surface area contributed by atoms with Gasteiger partial charge in [-0.2, -0.15) is 0 Å². The molecule has 0 unspecified atom stereocenters. The smallest absolute Gasteiger partial charge is 0.225 e. The third-order valence-electron chi connectivity index (χ3n) is 3.40. The first-order chi connectivity index (χ1) is 9.42. The van der Waals surface area contributed by atoms with Gasteiger partial charge < -0.3 is 14.6 Å². The molecule has 100 valence electrons. The molecule has 0 bridgehead atoms. The second-order valence-corrected chi connectivity index (χ2v) is 4.79. The van der Waals surface area contributed by atoms with E-state index in [1.165, 1.54) is 6.42 Å². The summed E-state index contributed by atoms with van der Waals surface area (Å²) in [6.45, 7) is 2.76. The molecule has 1 aliphatic heterocycles. The standard InChI is InChI=1S/C14H18N4O/c1-4-12(17-10-13-5-2-9-19-13)11-18(8-1)14-15-6-3-7-16-14/h2-3,5-7,9,12,17H,1,4,8,10-11H2/t12-/m0/s1. The van der Waals surface area contributed by atoms with Crippen LogP contribution in [0.2, 0.25) is 0 Å². The molecule has 0 radical (unpaired) electrons. The average Bonchev–Trinajstić information content (AvgIpc) is 3.00. The molecule has 2 aromatic heterocycles. The van der Waals surface area contributed by atoms with Gasteiger partial charge in [0.05, 0.1) is 12.8 Å². The largest absolute Gasteiger partial charge is 0.468 e. The van der Waals surface area contributed by atoms with E-state index in [4.69, 9.17) is 4.42 Å². The quantitative estimate of drug-likeness (QED) is 0.906. The number of hydrogen-bond acceptors (Lipinski definition) is 5. The number of nitrogens with zero attached hydrogens (tertiary/aromatic N) is 3. The molecule has 3 heterocycles. The minimum Gasteiger partial charge on any atom is -0.468 e. The van der Waals surface area contributed by atoms with Gasteiger partial charge in [-0.3, -0.25) is 0 Å². The van der Waals surface area contributed by atoms with Crippen LogP contribution in [-0.2, 0) is 6.54 Å². The van der Waals surface area contributed by atoms with Crippen molar-refractivity contribution < 1.29 is 4.42 Å². The number of piperidine rings is 1. The molecule has 0 spiro atoms. The van der Waals surface area contributed by atoms with Crippen molar-refractivity contribution in [2.75, 3.05) is 18.0 Å². The summed E-state index contributed by atoms with van der Waals surface area (Å²) >= 11 is 0. The van der Waals surface area contributed by atoms with Crippen molar-refractivity contribution in [3.8, 4) is 0 Å². The Labute approximate surface area is 112 Å². The van der Waals surface area contributed by atoms with Crippen molar-refractivity contribution in [2.24, 2.45) is 0 Å². The molecule has 1 aliphatic rings. The topological polar surface area (TPSA) is 54.2 Å². The molecular weight excluding hydrogens is 240 g/mol. The van der Waals surface area contributed by atoms with Crippen LogP contribution in [0.4, 0.5) is 5.95 Å². The van der Waals surface area contributed by atoms with E-state index >= 15 is 0 Å². The van der Waals surface area contributed by atoms with Crippen LogP contribution in [0.3, 0.4) is 0 Å². The molecule has 0 aliphatic carbocycles. The molecule has 1 atom stereocenters. The summed E-state index contributed by atoms with van der Waals surface area (Å²) in [5.74, 6) is 1.81. The van der Waals surface area contributed by atoms with Crippen LogP contribution in [0, 0.1) is 0 Å². The number of nitrogens with one attached hydrogen (secondary N) is 1. The average molecular weight is 258 g/mol. The Morgan fingerprint density at radius 2 is 2.21 bits per heavy atom. The second kappa shape index (κ2) is 5.84. The molecular formula is C14H18N4O. The van der Waals surface area contributed by atoms with Crippen LogP contribution < -0.4 is 10.2 Å². The van der Waals surface area contributed by atoms with Gasteiger partial charge in [-0.1, -0.05) is 0 Å². The third kappa shape index (κ3) is 3.12. The zero-order valence-corrected chi connectivity index (χ0v) is 10.8. The van der Waals surface area contributed by atoms with E-state index in [9.17, 15) is 0 Å². The molecule has 3 rings (SSSR count). The summed E-state index contributed by atoms with van der Waals surface area (Å²) in [5, 5.41) is 3.53. The van der Waals surface area contributed by atoms with Crippen LogP contribution in [-0.4, -0.2) is 29.1 Å². The number of rotatable bonds is 4. The fourth-order valence-electron chi connectivity index (χ4n) is 2.44. The van der Waals surface area contributed by atoms with E-state index in [-0.39, 0.29) is 0 Å². The van der Waals surface area contributed by atoms with E-state index in [0.29, 0.717) is 6.04 Å². The maximum Gasteiger partial charge on any atom is 0.225 e. The number of aromatic nitrogens is 2. The third-order valence-corrected chi connectivity index (χ3v) is 3.40. The Kier molecular flexibility index (Phi) is 3.74. The molecule has 0 saturated carbocycles. The second-order valence-electron chi connectivity index (χ2n) is 4.79. The van der Waals surface area contributed by atoms with E-state index in [1.807, 2.05) is 18.2 Å². The van der Waals surface area contributed by atoms with Gasteiger partial charge in [0.2, 0.25) is 5.95 Å². The van der Waals surface area contributed by atoms with Gasteiger partial charge in [0, 0.05) is 31.5 Å². The van der Waals surface area contributed by atoms with Gasteiger partial charge in [-0.15, -0.1) is 0 Å². The summed E-state index contributed by atoms with van der Waals surface area (Å²) in [5.41, 5.74) is 0. The fourth-order valence-corrected chi connectivity index (χ4v) is 2.44. The lowest BCUT2D eigenvalue weighted by Crippen LogP contribution is -2.46. The summed E-state index contributed by atoms with van der Waals surface area (Å²) in [4.78, 5) is 10.9. The van der Waals surface area contributed by atoms with Gasteiger partial charge >= 0.3 is 0 Å². The lowest BCUT2D eigenvalue weighted by molar-refractivity contribution is 0.393. The van der Waals surface area contributed by atoms with E-state index in [0.717, 1.165) is 37.8 Å². The van der Waals surface area contributed by atoms with E-state index < -0.39 is 0 Å². The Bertz CT molecular complexity index is 485. The maximum atomic E-state index is 5.34. The minimum absolute atomic E-state index is 0.461. The Morgan fingerprint density at radius 1 is 1.32 bits per heavy atom. The molecule has 5 nitrogen and oxygen atoms in total. The highest BCUT2D eigenvalue weighted by atomic mass is 16.3. The van der Waals surface area contributed by atoms with Gasteiger partial charge in [0.25, 0.3) is 0 Å². The summed E-state index contributed by atoms with van der Waals surface area (Å²) in [7, 11) is 0. The van der Waals surface area contributed by atoms with Crippen LogP contribution in [0.5, 0.6) is 0 Å². The molecule has 2 aromatic rings. The molecule has 0 amide bonds. The monoisotopic (exact) mass is 258 g/mol. The van der Waals surface area contributed by atoms with Crippen molar-refractivity contribution in [3.63, 3.8) is 0 Å². The normalized spacial score (nSPS) is 19.6. The van der Waals surface area contributed by atoms with Crippen LogP contribution in [0.25, 0.3) is 0 Å². The highest BCUT2D eigenvalue weighted by Crippen LogP contribution is 2.15. The minimum atomic E-state index is 0.461. The van der Waals surface area contributed by atoms with Crippen molar-refractivity contribution >= 4 is 5.95 Å². The van der Waals surface area contributed by atoms with Gasteiger partial charge in [-0.25, -0.2) is 9.97 Å². The van der Waals surface area contributed by atoms with Crippen molar-refractivity contribution in [3.05, 3.63) is 42.6 Å². The van der Waals surface area contributed by atoms with Crippen LogP contribution in [0.15, 0.2) is 41.3 Å². The first-order valence-electron chi connectivity index (χ1n) is 6.69. The first-order valence-corrected chi connectivity index (χ1v) is 6.69. The van der Waals surface area contributed by atoms with Gasteiger partial charge in [0.15, 0.2) is 0 Å². The Balaban J connectivity index is 1.56. The summed E-state index contributed by atoms with van der Waals surface area (Å²) < 4.78 is 5.34. The van der Waals surface area contributed by atoms with Crippen molar-refractivity contribution in [2.45, 2.75) is 25.4 Å². The highest BCUT2D eigenvalue weighted by Gasteiger charge is 2.21. The number of furan rings is 1. The Morgan fingerprint density at radius 3 is 3.00 bits per heavy atom. The molecule has 5 heteroatoms. The number of hydrogen-bond donors (Lipinski definition) is 1. The lowest BCUT2D eigenvalue weighted by atomic mass is 10.1. The highest BCUT2D eigenvalue weighted by molar-refractivity contribution is 5.29. The Hall–Kier alpha value is -1.88. The van der Waals surface area contributed by atoms with E-state index in [2.05, 4.69) is 20.2 Å². The summed E-state index contributed by atoms with van der Waals surface area (Å²) in [6, 6.07) is 6.22. The van der Waals surface area contributed by atoms with Crippen molar-refractivity contribution in [1.29, 1.82) is 0 Å². The SMILES string of the molecule is c1cnc(N2CCC[C@H](NCc3ccco3)C2)nc1. The van der Waals surface area contributed by atoms with Crippen LogP contribution >= 0.6 is 0 Å². The predicted octanol–water partition coefficient (Wildman–Crippen LogP) is 1.83.